The smallest absolute Gasteiger partial charge is 0.355 e. The van der Waals surface area contributed by atoms with Crippen LogP contribution >= 0.6 is 23.2 Å². The molecular weight excluding hydrogens is 398 g/mol. The number of hydrogen-bond acceptors (Lipinski definition) is 7. The van der Waals surface area contributed by atoms with Crippen LogP contribution in [0.25, 0.3) is 0 Å². The molecule has 0 saturated heterocycles. The summed E-state index contributed by atoms with van der Waals surface area (Å²) in [5.74, 6) is -1.44. The van der Waals surface area contributed by atoms with Gasteiger partial charge in [0.05, 0.1) is 24.4 Å². The van der Waals surface area contributed by atoms with Crippen molar-refractivity contribution in [1.29, 1.82) is 0 Å². The summed E-state index contributed by atoms with van der Waals surface area (Å²) in [7, 11) is -2.75. The van der Waals surface area contributed by atoms with Crippen molar-refractivity contribution in [3.8, 4) is 0 Å². The third-order valence-corrected chi connectivity index (χ3v) is 4.19. The number of nitrogens with zero attached hydrogens (tertiary/aromatic N) is 1. The second-order valence-corrected chi connectivity index (χ2v) is 7.44. The van der Waals surface area contributed by atoms with Crippen molar-refractivity contribution in [2.24, 2.45) is 5.16 Å². The highest BCUT2D eigenvalue weighted by molar-refractivity contribution is 7.85. The zero-order valence-electron chi connectivity index (χ0n) is 13.0. The molecule has 2 rings (SSSR count). The third-order valence-electron chi connectivity index (χ3n) is 3.20. The van der Waals surface area contributed by atoms with E-state index >= 15 is 0 Å². The van der Waals surface area contributed by atoms with E-state index in [2.05, 4.69) is 19.5 Å². The molecular formula is C14H13Cl2FN2O5S. The van der Waals surface area contributed by atoms with E-state index in [4.69, 9.17) is 23.2 Å². The number of carbonyl (C=O) groups is 1. The van der Waals surface area contributed by atoms with E-state index in [1.165, 1.54) is 12.1 Å². The Labute approximate surface area is 153 Å². The van der Waals surface area contributed by atoms with E-state index in [0.717, 1.165) is 19.4 Å². The molecule has 1 heterocycles. The second kappa shape index (κ2) is 7.59. The molecule has 0 radical (unpaired) electrons. The molecule has 1 aromatic rings. The monoisotopic (exact) mass is 410 g/mol. The van der Waals surface area contributed by atoms with E-state index in [1.54, 1.807) is 0 Å². The zero-order valence-corrected chi connectivity index (χ0v) is 15.4. The molecule has 0 fully saturated rings. The van der Waals surface area contributed by atoms with Gasteiger partial charge in [0, 0.05) is 17.0 Å². The van der Waals surface area contributed by atoms with Crippen LogP contribution in [-0.2, 0) is 23.9 Å². The van der Waals surface area contributed by atoms with Crippen LogP contribution < -0.4 is 5.32 Å². The minimum atomic E-state index is -3.88. The van der Waals surface area contributed by atoms with Crippen LogP contribution in [0.5, 0.6) is 0 Å². The Morgan fingerprint density at radius 1 is 1.40 bits per heavy atom. The van der Waals surface area contributed by atoms with Crippen LogP contribution in [0.3, 0.4) is 0 Å². The second-order valence-electron chi connectivity index (χ2n) is 5.06. The van der Waals surface area contributed by atoms with Crippen molar-refractivity contribution in [1.82, 2.24) is 5.32 Å². The quantitative estimate of drug-likeness (QED) is 0.605. The number of hydrogen-bond donors (Lipinski definition) is 1. The first-order chi connectivity index (χ1) is 11.6. The Balaban J connectivity index is 2.47. The molecule has 25 heavy (non-hydrogen) atoms. The summed E-state index contributed by atoms with van der Waals surface area (Å²) in [4.78, 5) is 11.9. The Kier molecular flexibility index (Phi) is 5.91. The summed E-state index contributed by atoms with van der Waals surface area (Å²) in [6, 6.07) is 3.25. The lowest BCUT2D eigenvalue weighted by atomic mass is 9.96. The van der Waals surface area contributed by atoms with Gasteiger partial charge in [-0.3, -0.25) is 4.28 Å². The number of esters is 1. The number of allylic oxidation sites excluding steroid dienone is 1. The molecule has 1 N–H and O–H groups in total. The summed E-state index contributed by atoms with van der Waals surface area (Å²) in [5, 5.41) is 6.25. The first kappa shape index (κ1) is 19.5. The van der Waals surface area contributed by atoms with Gasteiger partial charge in [-0.15, -0.1) is 0 Å². The SMILES string of the molecule is COC(=O)C1=C(Cl)/C(=N/OS(C)(=O)=O)CC(c2ccc(Cl)cc2F)N1. The average Bonchev–Trinajstić information content (AvgIpc) is 2.52. The first-order valence-electron chi connectivity index (χ1n) is 6.78. The topological polar surface area (TPSA) is 94.1 Å². The summed E-state index contributed by atoms with van der Waals surface area (Å²) in [6.45, 7) is 0. The molecule has 1 atom stereocenters. The van der Waals surface area contributed by atoms with Gasteiger partial charge >= 0.3 is 16.1 Å². The average molecular weight is 411 g/mol. The fraction of sp³-hybridized carbons (Fsp3) is 0.286. The minimum absolute atomic E-state index is 0.0343. The number of nitrogens with one attached hydrogen (secondary N) is 1. The van der Waals surface area contributed by atoms with Gasteiger partial charge in [-0.1, -0.05) is 34.4 Å². The van der Waals surface area contributed by atoms with Crippen LogP contribution in [0, 0.1) is 5.82 Å². The van der Waals surface area contributed by atoms with Crippen molar-refractivity contribution < 1.29 is 26.6 Å². The largest absolute Gasteiger partial charge is 0.464 e. The number of benzene rings is 1. The van der Waals surface area contributed by atoms with E-state index in [1.807, 2.05) is 0 Å². The Morgan fingerprint density at radius 3 is 2.64 bits per heavy atom. The molecule has 1 aromatic carbocycles. The summed E-state index contributed by atoms with van der Waals surface area (Å²) >= 11 is 11.8. The molecule has 0 spiro atoms. The number of ether oxygens (including phenoxy) is 1. The highest BCUT2D eigenvalue weighted by atomic mass is 35.5. The molecule has 7 nitrogen and oxygen atoms in total. The first-order valence-corrected chi connectivity index (χ1v) is 9.35. The normalized spacial score (nSPS) is 19.6. The maximum Gasteiger partial charge on any atom is 0.355 e. The van der Waals surface area contributed by atoms with Crippen molar-refractivity contribution in [2.45, 2.75) is 12.5 Å². The van der Waals surface area contributed by atoms with Crippen molar-refractivity contribution in [3.63, 3.8) is 0 Å². The molecule has 0 aliphatic carbocycles. The lowest BCUT2D eigenvalue weighted by Crippen LogP contribution is -2.35. The van der Waals surface area contributed by atoms with Crippen LogP contribution in [0.4, 0.5) is 4.39 Å². The van der Waals surface area contributed by atoms with E-state index in [-0.39, 0.29) is 33.4 Å². The van der Waals surface area contributed by atoms with Crippen molar-refractivity contribution >= 4 is 45.0 Å². The number of rotatable bonds is 4. The van der Waals surface area contributed by atoms with Gasteiger partial charge < -0.3 is 10.1 Å². The van der Waals surface area contributed by atoms with Crippen LogP contribution in [-0.4, -0.2) is 33.5 Å². The number of carbonyl (C=O) groups excluding carboxylic acids is 1. The molecule has 1 aliphatic rings. The maximum atomic E-state index is 14.2. The highest BCUT2D eigenvalue weighted by Gasteiger charge is 2.32. The lowest BCUT2D eigenvalue weighted by molar-refractivity contribution is -0.136. The summed E-state index contributed by atoms with van der Waals surface area (Å²) in [6.07, 6.45) is 0.765. The Hall–Kier alpha value is -1.84. The highest BCUT2D eigenvalue weighted by Crippen LogP contribution is 2.31. The molecule has 1 aliphatic heterocycles. The molecule has 0 saturated carbocycles. The van der Waals surface area contributed by atoms with Crippen LogP contribution in [0.2, 0.25) is 5.02 Å². The summed E-state index contributed by atoms with van der Waals surface area (Å²) < 4.78 is 45.4. The van der Waals surface area contributed by atoms with Crippen LogP contribution in [0.1, 0.15) is 18.0 Å². The van der Waals surface area contributed by atoms with Gasteiger partial charge in [0.1, 0.15) is 17.2 Å². The van der Waals surface area contributed by atoms with Crippen LogP contribution in [0.15, 0.2) is 34.1 Å². The predicted molar refractivity (Wildman–Crippen MR) is 90.2 cm³/mol. The Bertz CT molecular complexity index is 870. The zero-order chi connectivity index (χ0) is 18.8. The van der Waals surface area contributed by atoms with Gasteiger partial charge in [-0.2, -0.15) is 8.42 Å². The fourth-order valence-electron chi connectivity index (χ4n) is 2.13. The lowest BCUT2D eigenvalue weighted by Gasteiger charge is -2.27. The summed E-state index contributed by atoms with van der Waals surface area (Å²) in [5.41, 5.74) is -0.0572. The Morgan fingerprint density at radius 2 is 2.08 bits per heavy atom. The number of halogens is 3. The molecule has 136 valence electrons. The predicted octanol–water partition coefficient (Wildman–Crippen LogP) is 2.47. The van der Waals surface area contributed by atoms with Gasteiger partial charge in [-0.25, -0.2) is 9.18 Å². The van der Waals surface area contributed by atoms with Gasteiger partial charge in [-0.05, 0) is 12.1 Å². The molecule has 0 bridgehead atoms. The fourth-order valence-corrected chi connectivity index (χ4v) is 2.76. The minimum Gasteiger partial charge on any atom is -0.464 e. The number of oxime groups is 1. The van der Waals surface area contributed by atoms with Crippen molar-refractivity contribution in [3.05, 3.63) is 45.3 Å². The van der Waals surface area contributed by atoms with E-state index in [0.29, 0.717) is 0 Å². The van der Waals surface area contributed by atoms with Crippen molar-refractivity contribution in [2.75, 3.05) is 13.4 Å². The molecule has 0 aromatic heterocycles. The van der Waals surface area contributed by atoms with E-state index in [9.17, 15) is 17.6 Å². The van der Waals surface area contributed by atoms with Gasteiger partial charge in [0.2, 0.25) is 0 Å². The molecule has 1 unspecified atom stereocenters. The third kappa shape index (κ3) is 4.83. The van der Waals surface area contributed by atoms with Gasteiger partial charge in [0.15, 0.2) is 0 Å². The van der Waals surface area contributed by atoms with Gasteiger partial charge in [0.25, 0.3) is 0 Å². The number of methoxy groups -OCH3 is 1. The molecule has 0 amide bonds. The van der Waals surface area contributed by atoms with E-state index < -0.39 is 27.9 Å². The molecule has 11 heteroatoms. The standard InChI is InChI=1S/C14H13Cl2FN2O5S/c1-23-14(20)13-12(16)11(19-24-25(2,21)22)6-10(18-13)8-4-3-7(15)5-9(8)17/h3-5,10,18H,6H2,1-2H3/b19-11+. The maximum absolute atomic E-state index is 14.2.